The lowest BCUT2D eigenvalue weighted by molar-refractivity contribution is -0.148. The molecule has 0 radical (unpaired) electrons. The van der Waals surface area contributed by atoms with Gasteiger partial charge in [0.15, 0.2) is 0 Å². The molecule has 0 aromatic carbocycles. The molecule has 20 heavy (non-hydrogen) atoms. The highest BCUT2D eigenvalue weighted by molar-refractivity contribution is 5.85. The van der Waals surface area contributed by atoms with Gasteiger partial charge in [-0.15, -0.1) is 12.4 Å². The number of H-pyrrole nitrogens is 1. The normalized spacial score (nSPS) is 29.8. The molecule has 1 aliphatic rings. The second-order valence-electron chi connectivity index (χ2n) is 4.41. The number of nitrogens with one attached hydrogen (secondary N) is 1. The summed E-state index contributed by atoms with van der Waals surface area (Å²) in [7, 11) is 0. The van der Waals surface area contributed by atoms with Crippen LogP contribution in [0.2, 0.25) is 0 Å². The zero-order chi connectivity index (χ0) is 14.2. The van der Waals surface area contributed by atoms with Crippen molar-refractivity contribution in [2.75, 3.05) is 6.61 Å². The Morgan fingerprint density at radius 2 is 2.10 bits per heavy atom. The van der Waals surface area contributed by atoms with Crippen molar-refractivity contribution in [3.63, 3.8) is 0 Å². The molecule has 8 nitrogen and oxygen atoms in total. The van der Waals surface area contributed by atoms with Crippen LogP contribution in [-0.2, 0) is 11.3 Å². The second kappa shape index (κ2) is 6.46. The quantitative estimate of drug-likeness (QED) is 0.479. The van der Waals surface area contributed by atoms with Gasteiger partial charge in [0.1, 0.15) is 12.2 Å². The van der Waals surface area contributed by atoms with Crippen LogP contribution in [0.25, 0.3) is 0 Å². The van der Waals surface area contributed by atoms with E-state index >= 15 is 0 Å². The Labute approximate surface area is 118 Å². The lowest BCUT2D eigenvalue weighted by Gasteiger charge is -2.36. The van der Waals surface area contributed by atoms with Gasteiger partial charge in [-0.2, -0.15) is 4.39 Å². The summed E-state index contributed by atoms with van der Waals surface area (Å²) in [5.74, 6) is -1.12. The third kappa shape index (κ3) is 3.25. The van der Waals surface area contributed by atoms with Crippen LogP contribution in [0.1, 0.15) is 0 Å². The van der Waals surface area contributed by atoms with Gasteiger partial charge in [0.2, 0.25) is 5.82 Å². The van der Waals surface area contributed by atoms with Gasteiger partial charge >= 0.3 is 5.69 Å². The molecule has 4 atom stereocenters. The average molecular weight is 312 g/mol. The first-order chi connectivity index (χ1) is 8.90. The summed E-state index contributed by atoms with van der Waals surface area (Å²) < 4.78 is 19.1. The molecule has 0 bridgehead atoms. The summed E-state index contributed by atoms with van der Waals surface area (Å²) in [5, 5.41) is 19.3. The molecule has 0 unspecified atom stereocenters. The first-order valence-corrected chi connectivity index (χ1v) is 5.62. The summed E-state index contributed by atoms with van der Waals surface area (Å²) in [6.45, 7) is -0.207. The number of ether oxygens (including phenoxy) is 1. The second-order valence-corrected chi connectivity index (χ2v) is 4.41. The van der Waals surface area contributed by atoms with E-state index in [1.807, 2.05) is 0 Å². The van der Waals surface area contributed by atoms with E-state index < -0.39 is 41.4 Å². The molecule has 0 amide bonds. The maximum absolute atomic E-state index is 13.1. The minimum atomic E-state index is -1.30. The van der Waals surface area contributed by atoms with Crippen LogP contribution in [-0.4, -0.2) is 50.7 Å². The van der Waals surface area contributed by atoms with Gasteiger partial charge in [0.05, 0.1) is 31.5 Å². The molecule has 0 spiro atoms. The zero-order valence-electron chi connectivity index (χ0n) is 10.2. The number of aromatic nitrogens is 2. The highest BCUT2D eigenvalue weighted by atomic mass is 35.5. The smallest absolute Gasteiger partial charge is 0.328 e. The largest absolute Gasteiger partial charge is 0.389 e. The molecule has 1 aromatic rings. The third-order valence-corrected chi connectivity index (χ3v) is 3.02. The molecule has 1 aliphatic heterocycles. The summed E-state index contributed by atoms with van der Waals surface area (Å²) in [6.07, 6.45) is -2.69. The van der Waals surface area contributed by atoms with Crippen molar-refractivity contribution in [2.45, 2.75) is 30.9 Å². The van der Waals surface area contributed by atoms with E-state index in [2.05, 4.69) is 0 Å². The summed E-state index contributed by atoms with van der Waals surface area (Å²) in [5.41, 5.74) is 3.54. The number of aliphatic hydroxyl groups excluding tert-OH is 2. The van der Waals surface area contributed by atoms with Crippen molar-refractivity contribution in [2.24, 2.45) is 5.73 Å². The molecule has 0 saturated carbocycles. The molecule has 1 fully saturated rings. The van der Waals surface area contributed by atoms with Crippen molar-refractivity contribution in [3.05, 3.63) is 32.9 Å². The SMILES string of the molecule is Cl.N[C@@H]1CO[C@H](Cn2cc(F)c(=O)[nH]c2=O)[C@@H](O)[C@H]1O. The molecule has 1 saturated heterocycles. The van der Waals surface area contributed by atoms with Gasteiger partial charge in [-0.3, -0.25) is 14.3 Å². The van der Waals surface area contributed by atoms with E-state index in [-0.39, 0.29) is 25.6 Å². The average Bonchev–Trinajstić information content (AvgIpc) is 2.36. The van der Waals surface area contributed by atoms with Crippen molar-refractivity contribution in [1.82, 2.24) is 9.55 Å². The van der Waals surface area contributed by atoms with Gasteiger partial charge in [0.25, 0.3) is 5.56 Å². The van der Waals surface area contributed by atoms with Crippen LogP contribution in [0.5, 0.6) is 0 Å². The van der Waals surface area contributed by atoms with Crippen molar-refractivity contribution < 1.29 is 19.3 Å². The number of hydrogen-bond acceptors (Lipinski definition) is 6. The molecule has 1 aromatic heterocycles. The van der Waals surface area contributed by atoms with Gasteiger partial charge in [-0.05, 0) is 0 Å². The fraction of sp³-hybridized carbons (Fsp3) is 0.600. The topological polar surface area (TPSA) is 131 Å². The van der Waals surface area contributed by atoms with Crippen LogP contribution in [0.15, 0.2) is 15.8 Å². The Bertz CT molecular complexity index is 577. The first kappa shape index (κ1) is 16.8. The molecule has 2 rings (SSSR count). The Morgan fingerprint density at radius 1 is 1.45 bits per heavy atom. The van der Waals surface area contributed by atoms with Gasteiger partial charge < -0.3 is 20.7 Å². The van der Waals surface area contributed by atoms with Gasteiger partial charge in [0, 0.05) is 0 Å². The van der Waals surface area contributed by atoms with Crippen LogP contribution >= 0.6 is 12.4 Å². The van der Waals surface area contributed by atoms with E-state index in [1.54, 1.807) is 4.98 Å². The van der Waals surface area contributed by atoms with Crippen molar-refractivity contribution >= 4 is 12.4 Å². The van der Waals surface area contributed by atoms with Gasteiger partial charge in [-0.1, -0.05) is 0 Å². The van der Waals surface area contributed by atoms with Crippen molar-refractivity contribution in [3.8, 4) is 0 Å². The number of nitrogens with zero attached hydrogens (tertiary/aromatic N) is 1. The summed E-state index contributed by atoms with van der Waals surface area (Å²) in [6, 6.07) is -0.727. The highest BCUT2D eigenvalue weighted by Gasteiger charge is 2.36. The number of aliphatic hydroxyl groups is 2. The first-order valence-electron chi connectivity index (χ1n) is 5.62. The minimum Gasteiger partial charge on any atom is -0.389 e. The molecule has 114 valence electrons. The monoisotopic (exact) mass is 311 g/mol. The van der Waals surface area contributed by atoms with E-state index in [0.717, 1.165) is 10.8 Å². The number of hydrogen-bond donors (Lipinski definition) is 4. The zero-order valence-corrected chi connectivity index (χ0v) is 11.0. The highest BCUT2D eigenvalue weighted by Crippen LogP contribution is 2.15. The lowest BCUT2D eigenvalue weighted by atomic mass is 9.99. The number of aromatic amines is 1. The summed E-state index contributed by atoms with van der Waals surface area (Å²) in [4.78, 5) is 24.1. The number of halogens is 2. The molecule has 0 aliphatic carbocycles. The summed E-state index contributed by atoms with van der Waals surface area (Å²) >= 11 is 0. The third-order valence-electron chi connectivity index (χ3n) is 3.02. The van der Waals surface area contributed by atoms with Crippen LogP contribution in [0, 0.1) is 5.82 Å². The van der Waals surface area contributed by atoms with E-state index in [0.29, 0.717) is 0 Å². The van der Waals surface area contributed by atoms with Gasteiger partial charge in [-0.25, -0.2) is 4.79 Å². The molecule has 10 heteroatoms. The fourth-order valence-electron chi connectivity index (χ4n) is 1.88. The Kier molecular flexibility index (Phi) is 5.42. The Hall–Kier alpha value is -1.26. The van der Waals surface area contributed by atoms with E-state index in [9.17, 15) is 24.2 Å². The molecular formula is C10H15ClFN3O5. The molecule has 5 N–H and O–H groups in total. The molecular weight excluding hydrogens is 297 g/mol. The number of nitrogens with two attached hydrogens (primary N) is 1. The number of rotatable bonds is 2. The van der Waals surface area contributed by atoms with E-state index in [1.165, 1.54) is 0 Å². The standard InChI is InChI=1S/C10H14FN3O5.ClH/c11-4-1-14(10(18)13-9(4)17)2-6-8(16)7(15)5(12)3-19-6;/h1,5-8,15-16H,2-3,12H2,(H,13,17,18);1H/t5-,6-,7+,8-;/m1./s1. The Morgan fingerprint density at radius 3 is 2.75 bits per heavy atom. The van der Waals surface area contributed by atoms with Crippen LogP contribution < -0.4 is 17.0 Å². The predicted molar refractivity (Wildman–Crippen MR) is 68.3 cm³/mol. The maximum atomic E-state index is 13.1. The molecule has 2 heterocycles. The van der Waals surface area contributed by atoms with Crippen molar-refractivity contribution in [1.29, 1.82) is 0 Å². The van der Waals surface area contributed by atoms with E-state index in [4.69, 9.17) is 10.5 Å². The van der Waals surface area contributed by atoms with Crippen LogP contribution in [0.4, 0.5) is 4.39 Å². The fourth-order valence-corrected chi connectivity index (χ4v) is 1.88. The predicted octanol–water partition coefficient (Wildman–Crippen LogP) is -2.45. The Balaban J connectivity index is 0.00000200. The minimum absolute atomic E-state index is 0. The lowest BCUT2D eigenvalue weighted by Crippen LogP contribution is -2.57. The van der Waals surface area contributed by atoms with Crippen LogP contribution in [0.3, 0.4) is 0 Å². The maximum Gasteiger partial charge on any atom is 0.328 e.